The highest BCUT2D eigenvalue weighted by atomic mass is 32.2. The summed E-state index contributed by atoms with van der Waals surface area (Å²) in [5, 5.41) is 2.52. The van der Waals surface area contributed by atoms with Crippen molar-refractivity contribution in [3.63, 3.8) is 0 Å². The van der Waals surface area contributed by atoms with Gasteiger partial charge in [-0.1, -0.05) is 12.1 Å². The van der Waals surface area contributed by atoms with Gasteiger partial charge in [-0.15, -0.1) is 0 Å². The lowest BCUT2D eigenvalue weighted by atomic mass is 10.3. The highest BCUT2D eigenvalue weighted by Crippen LogP contribution is 2.03. The number of benzene rings is 1. The summed E-state index contributed by atoms with van der Waals surface area (Å²) < 4.78 is 29.0. The Morgan fingerprint density at radius 2 is 2.33 bits per heavy atom. The minimum absolute atomic E-state index is 0.481. The van der Waals surface area contributed by atoms with Crippen LogP contribution in [0.5, 0.6) is 0 Å². The first-order valence-electron chi connectivity index (χ1n) is 3.23. The van der Waals surface area contributed by atoms with Crippen LogP contribution in [0.15, 0.2) is 24.3 Å². The molecule has 0 amide bonds. The van der Waals surface area contributed by atoms with Crippen LogP contribution in [0.4, 0.5) is 5.69 Å². The Balaban J connectivity index is 2.56. The van der Waals surface area contributed by atoms with Gasteiger partial charge in [-0.25, -0.2) is 0 Å². The zero-order valence-corrected chi connectivity index (χ0v) is 7.00. The maximum atomic E-state index is 10.3. The van der Waals surface area contributed by atoms with Gasteiger partial charge in [-0.2, -0.15) is 8.42 Å². The SMILES string of the molecule is O=S(=O)(O)CNc1c[c]ccc1. The summed E-state index contributed by atoms with van der Waals surface area (Å²) in [5.74, 6) is -0.481. The third kappa shape index (κ3) is 3.36. The van der Waals surface area contributed by atoms with Crippen molar-refractivity contribution in [2.24, 2.45) is 0 Å². The summed E-state index contributed by atoms with van der Waals surface area (Å²) in [6, 6.07) is 9.44. The van der Waals surface area contributed by atoms with E-state index in [1.165, 1.54) is 0 Å². The molecule has 65 valence electrons. The number of rotatable bonds is 3. The smallest absolute Gasteiger partial charge is 0.283 e. The van der Waals surface area contributed by atoms with Gasteiger partial charge in [0.05, 0.1) is 0 Å². The van der Waals surface area contributed by atoms with Crippen molar-refractivity contribution in [3.05, 3.63) is 30.3 Å². The van der Waals surface area contributed by atoms with Crippen molar-refractivity contribution in [1.29, 1.82) is 0 Å². The molecular formula is C7H8NO3S. The average molecular weight is 186 g/mol. The third-order valence-corrected chi connectivity index (χ3v) is 1.67. The van der Waals surface area contributed by atoms with Crippen LogP contribution in [0.1, 0.15) is 0 Å². The molecule has 0 heterocycles. The van der Waals surface area contributed by atoms with Crippen LogP contribution in [0.3, 0.4) is 0 Å². The molecule has 2 N–H and O–H groups in total. The van der Waals surface area contributed by atoms with Gasteiger partial charge in [0.1, 0.15) is 5.88 Å². The van der Waals surface area contributed by atoms with E-state index in [2.05, 4.69) is 11.4 Å². The first-order chi connectivity index (χ1) is 5.58. The summed E-state index contributed by atoms with van der Waals surface area (Å²) >= 11 is 0. The van der Waals surface area contributed by atoms with Gasteiger partial charge in [0, 0.05) is 5.69 Å². The molecule has 0 fully saturated rings. The zero-order valence-electron chi connectivity index (χ0n) is 6.19. The number of nitrogens with one attached hydrogen (secondary N) is 1. The number of anilines is 1. The van der Waals surface area contributed by atoms with Crippen molar-refractivity contribution in [1.82, 2.24) is 0 Å². The van der Waals surface area contributed by atoms with Crippen LogP contribution in [-0.4, -0.2) is 18.8 Å². The van der Waals surface area contributed by atoms with Gasteiger partial charge >= 0.3 is 0 Å². The van der Waals surface area contributed by atoms with Gasteiger partial charge in [0.25, 0.3) is 10.1 Å². The Kier molecular flexibility index (Phi) is 2.67. The van der Waals surface area contributed by atoms with E-state index in [9.17, 15) is 8.42 Å². The fourth-order valence-corrected chi connectivity index (χ4v) is 1.03. The summed E-state index contributed by atoms with van der Waals surface area (Å²) in [4.78, 5) is 0. The highest BCUT2D eigenvalue weighted by molar-refractivity contribution is 7.85. The molecule has 1 radical (unpaired) electrons. The lowest BCUT2D eigenvalue weighted by molar-refractivity contribution is 0.485. The fraction of sp³-hybridized carbons (Fsp3) is 0.143. The van der Waals surface area contributed by atoms with Gasteiger partial charge in [-0.05, 0) is 18.2 Å². The molecule has 0 aliphatic carbocycles. The van der Waals surface area contributed by atoms with Crippen LogP contribution in [-0.2, 0) is 10.1 Å². The van der Waals surface area contributed by atoms with Gasteiger partial charge in [-0.3, -0.25) is 4.55 Å². The molecule has 4 nitrogen and oxygen atoms in total. The topological polar surface area (TPSA) is 66.4 Å². The monoisotopic (exact) mass is 186 g/mol. The highest BCUT2D eigenvalue weighted by Gasteiger charge is 2.01. The van der Waals surface area contributed by atoms with Crippen molar-refractivity contribution in [2.45, 2.75) is 0 Å². The Bertz CT molecular complexity index is 333. The third-order valence-electron chi connectivity index (χ3n) is 1.17. The predicted octanol–water partition coefficient (Wildman–Crippen LogP) is 0.744. The Labute approximate surface area is 71.0 Å². The molecule has 1 aromatic carbocycles. The number of hydrogen-bond donors (Lipinski definition) is 2. The maximum absolute atomic E-state index is 10.3. The molecule has 1 aromatic rings. The van der Waals surface area contributed by atoms with Crippen LogP contribution < -0.4 is 5.32 Å². The molecule has 0 aliphatic rings. The molecule has 0 atom stereocenters. The first-order valence-corrected chi connectivity index (χ1v) is 4.84. The quantitative estimate of drug-likeness (QED) is 0.683. The van der Waals surface area contributed by atoms with Crippen LogP contribution >= 0.6 is 0 Å². The molecule has 12 heavy (non-hydrogen) atoms. The minimum atomic E-state index is -3.95. The largest absolute Gasteiger partial charge is 0.370 e. The molecule has 0 saturated heterocycles. The lowest BCUT2D eigenvalue weighted by Crippen LogP contribution is -2.12. The zero-order chi connectivity index (χ0) is 9.03. The molecule has 0 aromatic heterocycles. The lowest BCUT2D eigenvalue weighted by Gasteiger charge is -2.01. The first kappa shape index (κ1) is 9.02. The summed E-state index contributed by atoms with van der Waals surface area (Å²) in [6.45, 7) is 0. The van der Waals surface area contributed by atoms with Crippen molar-refractivity contribution in [3.8, 4) is 0 Å². The van der Waals surface area contributed by atoms with Crippen LogP contribution in [0.25, 0.3) is 0 Å². The summed E-state index contributed by atoms with van der Waals surface area (Å²) in [5.41, 5.74) is 0.607. The van der Waals surface area contributed by atoms with E-state index >= 15 is 0 Å². The van der Waals surface area contributed by atoms with E-state index in [0.717, 1.165) is 0 Å². The molecule has 1 rings (SSSR count). The van der Waals surface area contributed by atoms with E-state index in [1.54, 1.807) is 24.3 Å². The fourth-order valence-electron chi connectivity index (χ4n) is 0.678. The maximum Gasteiger partial charge on any atom is 0.283 e. The van der Waals surface area contributed by atoms with E-state index in [0.29, 0.717) is 5.69 Å². The van der Waals surface area contributed by atoms with Gasteiger partial charge < -0.3 is 5.32 Å². The molecule has 0 aliphatic heterocycles. The van der Waals surface area contributed by atoms with Crippen molar-refractivity contribution >= 4 is 15.8 Å². The number of hydrogen-bond acceptors (Lipinski definition) is 3. The van der Waals surface area contributed by atoms with Crippen molar-refractivity contribution in [2.75, 3.05) is 11.2 Å². The molecule has 0 spiro atoms. The Morgan fingerprint density at radius 1 is 1.58 bits per heavy atom. The standard InChI is InChI=1S/C7H8NO3S/c9-12(10,11)6-8-7-4-2-1-3-5-7/h1-2,4-5,8H,6H2,(H,9,10,11). The van der Waals surface area contributed by atoms with E-state index in [1.807, 2.05) is 0 Å². The Hall–Kier alpha value is -1.07. The van der Waals surface area contributed by atoms with Gasteiger partial charge in [0.15, 0.2) is 0 Å². The summed E-state index contributed by atoms with van der Waals surface area (Å²) in [7, 11) is -3.95. The molecule has 0 saturated carbocycles. The minimum Gasteiger partial charge on any atom is -0.370 e. The van der Waals surface area contributed by atoms with Crippen LogP contribution in [0, 0.1) is 6.07 Å². The Morgan fingerprint density at radius 3 is 2.83 bits per heavy atom. The molecule has 0 bridgehead atoms. The normalized spacial score (nSPS) is 11.1. The van der Waals surface area contributed by atoms with E-state index in [-0.39, 0.29) is 0 Å². The second-order valence-electron chi connectivity index (χ2n) is 2.20. The van der Waals surface area contributed by atoms with E-state index in [4.69, 9.17) is 4.55 Å². The predicted molar refractivity (Wildman–Crippen MR) is 45.3 cm³/mol. The van der Waals surface area contributed by atoms with Gasteiger partial charge in [0.2, 0.25) is 0 Å². The average Bonchev–Trinajstić information content (AvgIpc) is 2.02. The summed E-state index contributed by atoms with van der Waals surface area (Å²) in [6.07, 6.45) is 0. The van der Waals surface area contributed by atoms with E-state index < -0.39 is 16.0 Å². The van der Waals surface area contributed by atoms with Crippen molar-refractivity contribution < 1.29 is 13.0 Å². The second-order valence-corrected chi connectivity index (χ2v) is 3.65. The molecule has 5 heteroatoms. The van der Waals surface area contributed by atoms with Crippen LogP contribution in [0.2, 0.25) is 0 Å². The second kappa shape index (κ2) is 3.55. The molecular weight excluding hydrogens is 178 g/mol. The molecule has 0 unspecified atom stereocenters.